The third kappa shape index (κ3) is 3.20. The number of nitrogens with two attached hydrogens (primary N) is 1. The molecule has 1 rings (SSSR count). The molecule has 0 fully saturated rings. The number of likely N-dealkylation sites (N-methyl/N-ethyl adjacent to an activating group) is 1. The van der Waals surface area contributed by atoms with E-state index in [1.807, 2.05) is 25.7 Å². The topological polar surface area (TPSA) is 47.1 Å². The van der Waals surface area contributed by atoms with Gasteiger partial charge >= 0.3 is 0 Å². The summed E-state index contributed by atoms with van der Waals surface area (Å²) >= 11 is 6.22. The van der Waals surface area contributed by atoms with Gasteiger partial charge in [0.25, 0.3) is 0 Å². The van der Waals surface area contributed by atoms with E-state index in [4.69, 9.17) is 17.3 Å². The maximum atomic E-state index is 6.22. The largest absolute Gasteiger partial charge is 0.326 e. The second-order valence-corrected chi connectivity index (χ2v) is 4.77. The summed E-state index contributed by atoms with van der Waals surface area (Å²) < 4.78 is 1.94. The molecular formula is C11H21ClN4. The van der Waals surface area contributed by atoms with Crippen molar-refractivity contribution in [3.05, 3.63) is 16.4 Å². The molecule has 0 spiro atoms. The molecule has 1 unspecified atom stereocenters. The summed E-state index contributed by atoms with van der Waals surface area (Å²) in [7, 11) is 4.04. The maximum Gasteiger partial charge on any atom is 0.0847 e. The van der Waals surface area contributed by atoms with Crippen LogP contribution in [-0.4, -0.2) is 41.4 Å². The minimum atomic E-state index is 0.0916. The van der Waals surface area contributed by atoms with Crippen LogP contribution in [0.4, 0.5) is 0 Å². The van der Waals surface area contributed by atoms with Crippen LogP contribution < -0.4 is 5.73 Å². The van der Waals surface area contributed by atoms with Crippen LogP contribution in [0.5, 0.6) is 0 Å². The molecule has 0 aliphatic rings. The molecule has 2 N–H and O–H groups in total. The fraction of sp³-hybridized carbons (Fsp3) is 0.727. The number of aryl methyl sites for hydroxylation is 2. The molecule has 0 radical (unpaired) electrons. The number of rotatable bonds is 5. The zero-order valence-corrected chi connectivity index (χ0v) is 11.3. The molecule has 0 saturated heterocycles. The lowest BCUT2D eigenvalue weighted by molar-refractivity contribution is 0.367. The van der Waals surface area contributed by atoms with Gasteiger partial charge in [-0.25, -0.2) is 0 Å². The van der Waals surface area contributed by atoms with Crippen molar-refractivity contribution >= 4 is 11.6 Å². The molecule has 92 valence electrons. The smallest absolute Gasteiger partial charge is 0.0847 e. The molecule has 0 aliphatic heterocycles. The molecule has 1 aromatic rings. The lowest BCUT2D eigenvalue weighted by atomic mass is 10.1. The summed E-state index contributed by atoms with van der Waals surface area (Å²) in [4.78, 5) is 2.08. The average molecular weight is 245 g/mol. The molecule has 0 aliphatic carbocycles. The number of nitrogens with zero attached hydrogens (tertiary/aromatic N) is 3. The molecule has 16 heavy (non-hydrogen) atoms. The van der Waals surface area contributed by atoms with Crippen molar-refractivity contribution in [3.63, 3.8) is 0 Å². The zero-order chi connectivity index (χ0) is 12.3. The van der Waals surface area contributed by atoms with Crippen molar-refractivity contribution < 1.29 is 0 Å². The molecular weight excluding hydrogens is 224 g/mol. The first-order valence-electron chi connectivity index (χ1n) is 5.57. The van der Waals surface area contributed by atoms with E-state index in [-0.39, 0.29) is 6.04 Å². The SMILES string of the molecule is CCn1nc(C)c(Cl)c1CC(N)CN(C)C. The highest BCUT2D eigenvalue weighted by Crippen LogP contribution is 2.21. The number of aromatic nitrogens is 2. The van der Waals surface area contributed by atoms with Gasteiger partial charge in [0.15, 0.2) is 0 Å². The normalized spacial score (nSPS) is 13.4. The first kappa shape index (κ1) is 13.5. The highest BCUT2D eigenvalue weighted by Gasteiger charge is 2.15. The van der Waals surface area contributed by atoms with Crippen LogP contribution in [0.3, 0.4) is 0 Å². The molecule has 0 bridgehead atoms. The van der Waals surface area contributed by atoms with Crippen LogP contribution >= 0.6 is 11.6 Å². The molecule has 1 heterocycles. The average Bonchev–Trinajstić information content (AvgIpc) is 2.44. The Labute approximate surface area is 102 Å². The van der Waals surface area contributed by atoms with Crippen molar-refractivity contribution in [2.24, 2.45) is 5.73 Å². The Hall–Kier alpha value is -0.580. The van der Waals surface area contributed by atoms with Gasteiger partial charge in [-0.15, -0.1) is 0 Å². The Balaban J connectivity index is 2.79. The van der Waals surface area contributed by atoms with Crippen molar-refractivity contribution in [1.82, 2.24) is 14.7 Å². The molecule has 0 amide bonds. The third-order valence-electron chi connectivity index (χ3n) is 2.51. The van der Waals surface area contributed by atoms with Gasteiger partial charge in [0.1, 0.15) is 0 Å². The number of halogens is 1. The van der Waals surface area contributed by atoms with E-state index in [1.165, 1.54) is 0 Å². The van der Waals surface area contributed by atoms with Crippen molar-refractivity contribution in [3.8, 4) is 0 Å². The van der Waals surface area contributed by atoms with Crippen LogP contribution in [0.25, 0.3) is 0 Å². The predicted molar refractivity (Wildman–Crippen MR) is 67.9 cm³/mol. The highest BCUT2D eigenvalue weighted by atomic mass is 35.5. The van der Waals surface area contributed by atoms with Crippen LogP contribution in [0, 0.1) is 6.92 Å². The summed E-state index contributed by atoms with van der Waals surface area (Å²) in [5, 5.41) is 5.14. The summed E-state index contributed by atoms with van der Waals surface area (Å²) in [5.74, 6) is 0. The quantitative estimate of drug-likeness (QED) is 0.849. The Morgan fingerprint density at radius 1 is 1.50 bits per heavy atom. The molecule has 0 aromatic carbocycles. The minimum Gasteiger partial charge on any atom is -0.326 e. The van der Waals surface area contributed by atoms with E-state index in [1.54, 1.807) is 0 Å². The third-order valence-corrected chi connectivity index (χ3v) is 3.00. The van der Waals surface area contributed by atoms with Crippen LogP contribution in [0.15, 0.2) is 0 Å². The van der Waals surface area contributed by atoms with Crippen molar-refractivity contribution in [1.29, 1.82) is 0 Å². The fourth-order valence-electron chi connectivity index (χ4n) is 1.85. The Kier molecular flexibility index (Phi) is 4.77. The van der Waals surface area contributed by atoms with Gasteiger partial charge in [-0.05, 0) is 27.9 Å². The molecule has 5 heteroatoms. The molecule has 0 saturated carbocycles. The minimum absolute atomic E-state index is 0.0916. The lowest BCUT2D eigenvalue weighted by Gasteiger charge is -2.17. The Morgan fingerprint density at radius 3 is 2.62 bits per heavy atom. The Morgan fingerprint density at radius 2 is 2.12 bits per heavy atom. The van der Waals surface area contributed by atoms with Gasteiger partial charge in [-0.2, -0.15) is 5.10 Å². The monoisotopic (exact) mass is 244 g/mol. The van der Waals surface area contributed by atoms with Crippen molar-refractivity contribution in [2.45, 2.75) is 32.9 Å². The number of hydrogen-bond acceptors (Lipinski definition) is 3. The van der Waals surface area contributed by atoms with Crippen LogP contribution in [0.1, 0.15) is 18.3 Å². The Bertz CT molecular complexity index is 346. The zero-order valence-electron chi connectivity index (χ0n) is 10.5. The molecule has 4 nitrogen and oxygen atoms in total. The first-order chi connectivity index (χ1) is 7.45. The summed E-state index contributed by atoms with van der Waals surface area (Å²) in [6.45, 7) is 5.67. The maximum absolute atomic E-state index is 6.22. The van der Waals surface area contributed by atoms with E-state index in [0.717, 1.165) is 35.9 Å². The molecule has 1 atom stereocenters. The summed E-state index contributed by atoms with van der Waals surface area (Å²) in [5.41, 5.74) is 8.00. The van der Waals surface area contributed by atoms with Gasteiger partial charge in [0.05, 0.1) is 16.4 Å². The van der Waals surface area contributed by atoms with E-state index < -0.39 is 0 Å². The standard InChI is InChI=1S/C11H21ClN4/c1-5-16-10(11(12)8(2)14-16)6-9(13)7-15(3)4/h9H,5-7,13H2,1-4H3. The van der Waals surface area contributed by atoms with Gasteiger partial charge in [0.2, 0.25) is 0 Å². The lowest BCUT2D eigenvalue weighted by Crippen LogP contribution is -2.35. The van der Waals surface area contributed by atoms with Gasteiger partial charge in [-0.3, -0.25) is 4.68 Å². The fourth-order valence-corrected chi connectivity index (χ4v) is 2.06. The van der Waals surface area contributed by atoms with Crippen LogP contribution in [0.2, 0.25) is 5.02 Å². The first-order valence-corrected chi connectivity index (χ1v) is 5.95. The van der Waals surface area contributed by atoms with Gasteiger partial charge < -0.3 is 10.6 Å². The second-order valence-electron chi connectivity index (χ2n) is 4.39. The highest BCUT2D eigenvalue weighted by molar-refractivity contribution is 6.31. The molecule has 1 aromatic heterocycles. The second kappa shape index (κ2) is 5.66. The van der Waals surface area contributed by atoms with Gasteiger partial charge in [-0.1, -0.05) is 11.6 Å². The van der Waals surface area contributed by atoms with Crippen LogP contribution in [-0.2, 0) is 13.0 Å². The van der Waals surface area contributed by atoms with E-state index in [9.17, 15) is 0 Å². The van der Waals surface area contributed by atoms with Crippen molar-refractivity contribution in [2.75, 3.05) is 20.6 Å². The van der Waals surface area contributed by atoms with E-state index in [0.29, 0.717) is 0 Å². The van der Waals surface area contributed by atoms with E-state index >= 15 is 0 Å². The summed E-state index contributed by atoms with van der Waals surface area (Å²) in [6, 6.07) is 0.0916. The van der Waals surface area contributed by atoms with E-state index in [2.05, 4.69) is 16.9 Å². The van der Waals surface area contributed by atoms with Gasteiger partial charge in [0, 0.05) is 25.6 Å². The summed E-state index contributed by atoms with van der Waals surface area (Å²) in [6.07, 6.45) is 0.770. The predicted octanol–water partition coefficient (Wildman–Crippen LogP) is 1.30. The number of hydrogen-bond donors (Lipinski definition) is 1.